The minimum atomic E-state index is -3.60. The summed E-state index contributed by atoms with van der Waals surface area (Å²) in [6.45, 7) is 9.04. The third kappa shape index (κ3) is 6.88. The van der Waals surface area contributed by atoms with Crippen LogP contribution >= 0.6 is 0 Å². The van der Waals surface area contributed by atoms with Crippen molar-refractivity contribution in [2.24, 2.45) is 11.8 Å². The zero-order valence-electron chi connectivity index (χ0n) is 25.0. The van der Waals surface area contributed by atoms with Gasteiger partial charge in [0.2, 0.25) is 10.0 Å². The number of likely N-dealkylation sites (tertiary alicyclic amines) is 2. The molecule has 2 fully saturated rings. The molecule has 0 radical (unpaired) electrons. The number of hydrogen-bond acceptors (Lipinski definition) is 4. The second-order valence-corrected chi connectivity index (χ2v) is 14.4. The summed E-state index contributed by atoms with van der Waals surface area (Å²) < 4.78 is 28.3. The number of likely N-dealkylation sites (N-methyl/N-ethyl adjacent to an activating group) is 1. The van der Waals surface area contributed by atoms with Gasteiger partial charge in [-0.05, 0) is 68.0 Å². The molecule has 2 aliphatic heterocycles. The average Bonchev–Trinajstić information content (AvgIpc) is 3.45. The number of nitrogens with zero attached hydrogens (tertiary/aromatic N) is 3. The van der Waals surface area contributed by atoms with Crippen molar-refractivity contribution in [3.63, 3.8) is 0 Å². The molecular formula is C34H44N4O3S. The van der Waals surface area contributed by atoms with Crippen LogP contribution in [0.2, 0.25) is 0 Å². The Balaban J connectivity index is 1.21. The molecule has 7 nitrogen and oxygen atoms in total. The van der Waals surface area contributed by atoms with E-state index >= 15 is 0 Å². The van der Waals surface area contributed by atoms with Crippen molar-refractivity contribution in [1.29, 1.82) is 0 Å². The van der Waals surface area contributed by atoms with Crippen LogP contribution in [0.4, 0.5) is 4.79 Å². The quantitative estimate of drug-likeness (QED) is 0.345. The third-order valence-electron chi connectivity index (χ3n) is 9.29. The van der Waals surface area contributed by atoms with Crippen LogP contribution in [0.3, 0.4) is 0 Å². The van der Waals surface area contributed by atoms with Gasteiger partial charge in [-0.3, -0.25) is 0 Å². The Morgan fingerprint density at radius 3 is 2.19 bits per heavy atom. The molecule has 0 unspecified atom stereocenters. The van der Waals surface area contributed by atoms with E-state index in [4.69, 9.17) is 0 Å². The Labute approximate surface area is 251 Å². The van der Waals surface area contributed by atoms with Crippen LogP contribution < -0.4 is 5.32 Å². The maximum Gasteiger partial charge on any atom is 0.317 e. The first kappa shape index (κ1) is 30.3. The molecule has 224 valence electrons. The molecule has 0 spiro atoms. The summed E-state index contributed by atoms with van der Waals surface area (Å²) in [5, 5.41) is 3.18. The minimum Gasteiger partial charge on any atom is -0.331 e. The smallest absolute Gasteiger partial charge is 0.317 e. The van der Waals surface area contributed by atoms with Crippen molar-refractivity contribution in [2.75, 3.05) is 46.3 Å². The number of nitrogens with one attached hydrogen (secondary N) is 1. The first-order valence-electron chi connectivity index (χ1n) is 15.1. The highest BCUT2D eigenvalue weighted by Gasteiger charge is 2.40. The Kier molecular flexibility index (Phi) is 9.35. The van der Waals surface area contributed by atoms with Gasteiger partial charge in [-0.15, -0.1) is 0 Å². The van der Waals surface area contributed by atoms with Gasteiger partial charge in [-0.2, -0.15) is 0 Å². The fraction of sp³-hybridized carbons (Fsp3) is 0.441. The molecule has 2 saturated heterocycles. The summed E-state index contributed by atoms with van der Waals surface area (Å²) in [4.78, 5) is 17.9. The van der Waals surface area contributed by atoms with Crippen molar-refractivity contribution in [3.8, 4) is 0 Å². The Morgan fingerprint density at radius 1 is 0.929 bits per heavy atom. The lowest BCUT2D eigenvalue weighted by Crippen LogP contribution is -2.45. The van der Waals surface area contributed by atoms with E-state index in [0.717, 1.165) is 56.7 Å². The molecule has 0 aromatic heterocycles. The standard InChI is InChI=1S/C34H44N4O3S/c1-27(28-13-7-4-8-14-28)35-33(39)38-24-29-19-21-37(23-30(29)25-38)22-20-34(2,31-15-9-5-10-16-31)26-36(3)42(40,41)32-17-11-6-12-18-32/h4-18,27,29-30H,19-26H2,1-3H3,(H,35,39)/t27-,29+,30-,34-/m1/s1. The monoisotopic (exact) mass is 588 g/mol. The number of piperidine rings is 1. The summed E-state index contributed by atoms with van der Waals surface area (Å²) in [5.74, 6) is 0.988. The lowest BCUT2D eigenvalue weighted by molar-refractivity contribution is 0.135. The van der Waals surface area contributed by atoms with Crippen LogP contribution in [-0.2, 0) is 15.4 Å². The van der Waals surface area contributed by atoms with Crippen LogP contribution in [-0.4, -0.2) is 74.9 Å². The van der Waals surface area contributed by atoms with Gasteiger partial charge in [0.25, 0.3) is 0 Å². The highest BCUT2D eigenvalue weighted by Crippen LogP contribution is 2.34. The van der Waals surface area contributed by atoms with Crippen LogP contribution in [0.15, 0.2) is 95.9 Å². The molecule has 2 heterocycles. The number of hydrogen-bond donors (Lipinski definition) is 1. The van der Waals surface area contributed by atoms with E-state index < -0.39 is 10.0 Å². The van der Waals surface area contributed by atoms with E-state index in [9.17, 15) is 13.2 Å². The molecule has 1 N–H and O–H groups in total. The van der Waals surface area contributed by atoms with E-state index in [1.54, 1.807) is 31.3 Å². The first-order valence-corrected chi connectivity index (χ1v) is 16.5. The summed E-state index contributed by atoms with van der Waals surface area (Å²) >= 11 is 0. The van der Waals surface area contributed by atoms with Crippen molar-refractivity contribution in [3.05, 3.63) is 102 Å². The van der Waals surface area contributed by atoms with E-state index in [2.05, 4.69) is 29.3 Å². The van der Waals surface area contributed by atoms with Gasteiger partial charge < -0.3 is 15.1 Å². The molecule has 8 heteroatoms. The predicted molar refractivity (Wildman–Crippen MR) is 168 cm³/mol. The molecule has 3 aromatic rings. The summed E-state index contributed by atoms with van der Waals surface area (Å²) in [7, 11) is -1.91. The maximum atomic E-state index is 13.4. The van der Waals surface area contributed by atoms with Crippen molar-refractivity contribution in [1.82, 2.24) is 19.4 Å². The van der Waals surface area contributed by atoms with Crippen molar-refractivity contribution < 1.29 is 13.2 Å². The fourth-order valence-corrected chi connectivity index (χ4v) is 7.94. The highest BCUT2D eigenvalue weighted by molar-refractivity contribution is 7.89. The van der Waals surface area contributed by atoms with Gasteiger partial charge >= 0.3 is 6.03 Å². The van der Waals surface area contributed by atoms with Gasteiger partial charge in [0, 0.05) is 38.6 Å². The number of amides is 2. The van der Waals surface area contributed by atoms with Crippen LogP contribution in [0.5, 0.6) is 0 Å². The number of carbonyl (C=O) groups is 1. The number of carbonyl (C=O) groups excluding carboxylic acids is 1. The molecule has 0 bridgehead atoms. The van der Waals surface area contributed by atoms with Gasteiger partial charge in [-0.25, -0.2) is 17.5 Å². The normalized spacial score (nSPS) is 21.5. The molecule has 5 rings (SSSR count). The van der Waals surface area contributed by atoms with Gasteiger partial charge in [0.05, 0.1) is 10.9 Å². The van der Waals surface area contributed by atoms with E-state index in [1.165, 1.54) is 4.31 Å². The van der Waals surface area contributed by atoms with Gasteiger partial charge in [0.15, 0.2) is 0 Å². The molecule has 0 saturated carbocycles. The molecule has 2 amide bonds. The summed E-state index contributed by atoms with van der Waals surface area (Å²) in [6.07, 6.45) is 1.91. The minimum absolute atomic E-state index is 0.0200. The number of fused-ring (bicyclic) bond motifs is 1. The summed E-state index contributed by atoms with van der Waals surface area (Å²) in [5.41, 5.74) is 1.90. The Bertz CT molecular complexity index is 1420. The summed E-state index contributed by atoms with van der Waals surface area (Å²) in [6, 6.07) is 29.0. The molecule has 0 aliphatic carbocycles. The molecule has 42 heavy (non-hydrogen) atoms. The molecule has 4 atom stereocenters. The third-order valence-corrected chi connectivity index (χ3v) is 11.1. The molecule has 2 aliphatic rings. The van der Waals surface area contributed by atoms with Gasteiger partial charge in [0.1, 0.15) is 0 Å². The molecule has 3 aromatic carbocycles. The van der Waals surface area contributed by atoms with Crippen LogP contribution in [0.25, 0.3) is 0 Å². The Hall–Kier alpha value is -3.20. The predicted octanol–water partition coefficient (Wildman–Crippen LogP) is 5.38. The van der Waals surface area contributed by atoms with Crippen LogP contribution in [0.1, 0.15) is 43.9 Å². The second kappa shape index (κ2) is 13.0. The van der Waals surface area contributed by atoms with Gasteiger partial charge in [-0.1, -0.05) is 85.8 Å². The highest BCUT2D eigenvalue weighted by atomic mass is 32.2. The number of benzene rings is 3. The van der Waals surface area contributed by atoms with E-state index in [1.807, 2.05) is 66.4 Å². The first-order chi connectivity index (χ1) is 20.2. The number of rotatable bonds is 10. The Morgan fingerprint density at radius 2 is 1.52 bits per heavy atom. The molecular weight excluding hydrogens is 544 g/mol. The van der Waals surface area contributed by atoms with Crippen LogP contribution in [0, 0.1) is 11.8 Å². The SMILES string of the molecule is C[C@@H](NC(=O)N1C[C@H]2CN(CC[C@](C)(CN(C)S(=O)(=O)c3ccccc3)c3ccccc3)CC[C@H]2C1)c1ccccc1. The number of sulfonamides is 1. The van der Waals surface area contributed by atoms with Crippen molar-refractivity contribution in [2.45, 2.75) is 43.0 Å². The zero-order chi connectivity index (χ0) is 29.7. The lowest BCUT2D eigenvalue weighted by atomic mass is 9.78. The second-order valence-electron chi connectivity index (χ2n) is 12.3. The van der Waals surface area contributed by atoms with Crippen molar-refractivity contribution >= 4 is 16.1 Å². The maximum absolute atomic E-state index is 13.4. The average molecular weight is 589 g/mol. The number of urea groups is 1. The topological polar surface area (TPSA) is 73.0 Å². The zero-order valence-corrected chi connectivity index (χ0v) is 25.8. The lowest BCUT2D eigenvalue weighted by Gasteiger charge is -2.39. The fourth-order valence-electron chi connectivity index (χ4n) is 6.62. The van der Waals surface area contributed by atoms with E-state index in [0.29, 0.717) is 23.3 Å². The largest absolute Gasteiger partial charge is 0.331 e. The van der Waals surface area contributed by atoms with E-state index in [-0.39, 0.29) is 17.5 Å².